The van der Waals surface area contributed by atoms with Crippen molar-refractivity contribution >= 4 is 17.5 Å². The van der Waals surface area contributed by atoms with Crippen LogP contribution >= 0.6 is 0 Å². The summed E-state index contributed by atoms with van der Waals surface area (Å²) < 4.78 is 0. The molecule has 0 amide bonds. The van der Waals surface area contributed by atoms with E-state index in [9.17, 15) is 20.0 Å². The molecule has 5 heteroatoms. The van der Waals surface area contributed by atoms with Gasteiger partial charge in [-0.3, -0.25) is 14.9 Å². The SMILES string of the molecule is C[C@H](/C=C/c1ccc([N+](=O)[O-])cc1)[C@H]1CC[C@H]2[C@@H]3CC(=O)[C@H]4C[C@H](O)CC[C@]4(C)[C@H]3CC[C@]12C. The minimum atomic E-state index is -0.361. The van der Waals surface area contributed by atoms with E-state index in [0.717, 1.165) is 24.8 Å². The van der Waals surface area contributed by atoms with Crippen LogP contribution in [0.15, 0.2) is 30.3 Å². The van der Waals surface area contributed by atoms with Crippen molar-refractivity contribution in [3.63, 3.8) is 0 Å². The first-order valence-corrected chi connectivity index (χ1v) is 13.3. The fourth-order valence-electron chi connectivity index (χ4n) is 9.03. The van der Waals surface area contributed by atoms with E-state index in [-0.39, 0.29) is 33.5 Å². The Balaban J connectivity index is 1.33. The van der Waals surface area contributed by atoms with E-state index >= 15 is 0 Å². The maximum Gasteiger partial charge on any atom is 0.269 e. The minimum absolute atomic E-state index is 0.0580. The number of ketones is 1. The quantitative estimate of drug-likeness (QED) is 0.410. The molecule has 1 N–H and O–H groups in total. The van der Waals surface area contributed by atoms with Gasteiger partial charge in [-0.25, -0.2) is 0 Å². The van der Waals surface area contributed by atoms with Crippen LogP contribution in [0.2, 0.25) is 0 Å². The zero-order valence-corrected chi connectivity index (χ0v) is 20.8. The number of aliphatic hydroxyl groups excluding tert-OH is 1. The summed E-state index contributed by atoms with van der Waals surface area (Å²) in [4.78, 5) is 23.9. The van der Waals surface area contributed by atoms with Gasteiger partial charge in [-0.1, -0.05) is 32.9 Å². The number of nitro benzene ring substituents is 1. The Labute approximate surface area is 203 Å². The molecule has 9 atom stereocenters. The zero-order chi connectivity index (χ0) is 24.3. The maximum absolute atomic E-state index is 13.3. The molecule has 0 unspecified atom stereocenters. The molecule has 5 nitrogen and oxygen atoms in total. The number of allylic oxidation sites excluding steroid dienone is 1. The van der Waals surface area contributed by atoms with E-state index in [1.165, 1.54) is 25.7 Å². The van der Waals surface area contributed by atoms with Crippen molar-refractivity contribution < 1.29 is 14.8 Å². The van der Waals surface area contributed by atoms with Crippen molar-refractivity contribution in [1.29, 1.82) is 0 Å². The molecule has 1 aromatic rings. The van der Waals surface area contributed by atoms with Crippen molar-refractivity contribution in [3.05, 3.63) is 46.0 Å². The molecule has 0 bridgehead atoms. The average Bonchev–Trinajstić information content (AvgIpc) is 3.16. The van der Waals surface area contributed by atoms with Gasteiger partial charge in [0, 0.05) is 24.5 Å². The minimum Gasteiger partial charge on any atom is -0.393 e. The molecule has 0 radical (unpaired) electrons. The largest absolute Gasteiger partial charge is 0.393 e. The van der Waals surface area contributed by atoms with Gasteiger partial charge in [-0.2, -0.15) is 0 Å². The molecule has 0 aromatic heterocycles. The number of benzene rings is 1. The molecular weight excluding hydrogens is 426 g/mol. The Hall–Kier alpha value is -2.01. The molecule has 5 rings (SSSR count). The number of rotatable bonds is 4. The molecule has 184 valence electrons. The molecule has 34 heavy (non-hydrogen) atoms. The summed E-state index contributed by atoms with van der Waals surface area (Å²) in [6.07, 6.45) is 12.2. The third-order valence-electron chi connectivity index (χ3n) is 10.8. The van der Waals surface area contributed by atoms with E-state index in [1.807, 2.05) is 12.1 Å². The number of nitro groups is 1. The first-order chi connectivity index (χ1) is 16.1. The number of fused-ring (bicyclic) bond motifs is 5. The van der Waals surface area contributed by atoms with Crippen molar-refractivity contribution in [2.45, 2.75) is 78.2 Å². The highest BCUT2D eigenvalue weighted by Crippen LogP contribution is 2.67. The third kappa shape index (κ3) is 3.75. The summed E-state index contributed by atoms with van der Waals surface area (Å²) in [5, 5.41) is 21.2. The van der Waals surface area contributed by atoms with Crippen molar-refractivity contribution in [3.8, 4) is 0 Å². The molecule has 1 aromatic carbocycles. The summed E-state index contributed by atoms with van der Waals surface area (Å²) in [6, 6.07) is 6.77. The highest BCUT2D eigenvalue weighted by Gasteiger charge is 2.62. The predicted molar refractivity (Wildman–Crippen MR) is 133 cm³/mol. The van der Waals surface area contributed by atoms with Crippen molar-refractivity contribution in [1.82, 2.24) is 0 Å². The van der Waals surface area contributed by atoms with Crippen LogP contribution in [0.4, 0.5) is 5.69 Å². The summed E-state index contributed by atoms with van der Waals surface area (Å²) in [7, 11) is 0. The number of hydrogen-bond donors (Lipinski definition) is 1. The molecule has 4 saturated carbocycles. The molecular formula is C29H39NO4. The summed E-state index contributed by atoms with van der Waals surface area (Å²) >= 11 is 0. The lowest BCUT2D eigenvalue weighted by Gasteiger charge is -2.60. The van der Waals surface area contributed by atoms with Crippen LogP contribution in [-0.4, -0.2) is 21.9 Å². The van der Waals surface area contributed by atoms with Gasteiger partial charge in [-0.05, 0) is 103 Å². The smallest absolute Gasteiger partial charge is 0.269 e. The molecule has 0 aliphatic heterocycles. The van der Waals surface area contributed by atoms with Crippen LogP contribution in [-0.2, 0) is 4.79 Å². The Bertz CT molecular complexity index is 986. The topological polar surface area (TPSA) is 80.4 Å². The number of nitrogens with zero attached hydrogens (tertiary/aromatic N) is 1. The molecule has 4 aliphatic rings. The molecule has 4 aliphatic carbocycles. The second kappa shape index (κ2) is 8.58. The van der Waals surface area contributed by atoms with E-state index in [0.29, 0.717) is 41.8 Å². The van der Waals surface area contributed by atoms with Crippen LogP contribution in [0.3, 0.4) is 0 Å². The number of aliphatic hydroxyl groups is 1. The van der Waals surface area contributed by atoms with Gasteiger partial charge < -0.3 is 5.11 Å². The lowest BCUT2D eigenvalue weighted by Crippen LogP contribution is -2.57. The maximum atomic E-state index is 13.3. The van der Waals surface area contributed by atoms with Gasteiger partial charge in [-0.15, -0.1) is 0 Å². The number of Topliss-reactive ketones (excluding diaryl/α,β-unsaturated/α-hetero) is 1. The van der Waals surface area contributed by atoms with Crippen LogP contribution in [0.1, 0.15) is 77.7 Å². The lowest BCUT2D eigenvalue weighted by atomic mass is 9.44. The Morgan fingerprint density at radius 1 is 1.06 bits per heavy atom. The fourth-order valence-corrected chi connectivity index (χ4v) is 9.03. The first-order valence-electron chi connectivity index (χ1n) is 13.3. The zero-order valence-electron chi connectivity index (χ0n) is 20.8. The molecule has 0 spiro atoms. The lowest BCUT2D eigenvalue weighted by molar-refractivity contribution is -0.384. The molecule has 0 heterocycles. The van der Waals surface area contributed by atoms with Crippen LogP contribution < -0.4 is 0 Å². The highest BCUT2D eigenvalue weighted by atomic mass is 16.6. The summed E-state index contributed by atoms with van der Waals surface area (Å²) in [5.41, 5.74) is 1.45. The van der Waals surface area contributed by atoms with Gasteiger partial charge >= 0.3 is 0 Å². The Morgan fingerprint density at radius 2 is 1.74 bits per heavy atom. The molecule has 4 fully saturated rings. The second-order valence-corrected chi connectivity index (χ2v) is 12.3. The highest BCUT2D eigenvalue weighted by molar-refractivity contribution is 5.83. The number of hydrogen-bond acceptors (Lipinski definition) is 4. The van der Waals surface area contributed by atoms with Crippen LogP contribution in [0, 0.1) is 56.5 Å². The van der Waals surface area contributed by atoms with Gasteiger partial charge in [0.25, 0.3) is 5.69 Å². The second-order valence-electron chi connectivity index (χ2n) is 12.3. The van der Waals surface area contributed by atoms with Gasteiger partial charge in [0.1, 0.15) is 5.78 Å². The van der Waals surface area contributed by atoms with E-state index in [1.54, 1.807) is 12.1 Å². The summed E-state index contributed by atoms with van der Waals surface area (Å²) in [5.74, 6) is 3.23. The van der Waals surface area contributed by atoms with E-state index < -0.39 is 0 Å². The third-order valence-corrected chi connectivity index (χ3v) is 10.8. The normalized spacial score (nSPS) is 42.6. The van der Waals surface area contributed by atoms with Crippen molar-refractivity contribution in [2.75, 3.05) is 0 Å². The van der Waals surface area contributed by atoms with Gasteiger partial charge in [0.05, 0.1) is 11.0 Å². The van der Waals surface area contributed by atoms with Crippen LogP contribution in [0.25, 0.3) is 6.08 Å². The number of carbonyl (C=O) groups is 1. The Kier molecular flexibility index (Phi) is 5.99. The Morgan fingerprint density at radius 3 is 2.44 bits per heavy atom. The monoisotopic (exact) mass is 465 g/mol. The number of non-ortho nitro benzene ring substituents is 1. The average molecular weight is 466 g/mol. The fraction of sp³-hybridized carbons (Fsp3) is 0.690. The predicted octanol–water partition coefficient (Wildman–Crippen LogP) is 6.44. The number of carbonyl (C=O) groups excluding carboxylic acids is 1. The van der Waals surface area contributed by atoms with Crippen LogP contribution in [0.5, 0.6) is 0 Å². The van der Waals surface area contributed by atoms with E-state index in [2.05, 4.69) is 32.9 Å². The van der Waals surface area contributed by atoms with Gasteiger partial charge in [0.2, 0.25) is 0 Å². The summed E-state index contributed by atoms with van der Waals surface area (Å²) in [6.45, 7) is 7.17. The first kappa shape index (κ1) is 23.7. The van der Waals surface area contributed by atoms with Gasteiger partial charge in [0.15, 0.2) is 0 Å². The standard InChI is InChI=1S/C29H39NO4/c1-18(4-5-19-6-8-20(9-7-19)30(33)34)23-10-11-24-22-17-27(32)26-16-21(31)12-14-29(26,3)25(22)13-15-28(23,24)2/h4-9,18,21-26,31H,10-17H2,1-3H3/b5-4+/t18-,21-,22+,23-,24+,25+,26-,28-,29-/m1/s1. The van der Waals surface area contributed by atoms with E-state index in [4.69, 9.17) is 0 Å². The van der Waals surface area contributed by atoms with Crippen molar-refractivity contribution in [2.24, 2.45) is 46.3 Å². The molecule has 0 saturated heterocycles.